The third kappa shape index (κ3) is 3.82. The van der Waals surface area contributed by atoms with Crippen LogP contribution < -0.4 is 4.90 Å². The molecule has 0 spiro atoms. The number of amides is 1. The Labute approximate surface area is 137 Å². The number of piperidine rings is 1. The lowest BCUT2D eigenvalue weighted by Gasteiger charge is -2.35. The van der Waals surface area contributed by atoms with Gasteiger partial charge in [-0.3, -0.25) is 4.79 Å². The summed E-state index contributed by atoms with van der Waals surface area (Å²) in [6, 6.07) is 5.77. The molecule has 0 aliphatic carbocycles. The predicted octanol–water partition coefficient (Wildman–Crippen LogP) is 1.30. The number of hydrogen-bond donors (Lipinski definition) is 1. The first kappa shape index (κ1) is 16.2. The van der Waals surface area contributed by atoms with Crippen LogP contribution in [-0.4, -0.2) is 66.4 Å². The molecule has 2 saturated heterocycles. The van der Waals surface area contributed by atoms with Gasteiger partial charge >= 0.3 is 0 Å². The van der Waals surface area contributed by atoms with E-state index in [1.54, 1.807) is 6.07 Å². The molecule has 0 bridgehead atoms. The van der Waals surface area contributed by atoms with E-state index in [0.29, 0.717) is 25.3 Å². The summed E-state index contributed by atoms with van der Waals surface area (Å²) < 4.78 is 5.37. The number of nitrogens with zero attached hydrogens (tertiary/aromatic N) is 3. The van der Waals surface area contributed by atoms with E-state index in [-0.39, 0.29) is 18.6 Å². The normalized spacial score (nSPS) is 22.2. The van der Waals surface area contributed by atoms with Gasteiger partial charge in [-0.2, -0.15) is 0 Å². The summed E-state index contributed by atoms with van der Waals surface area (Å²) in [6.45, 7) is 3.89. The van der Waals surface area contributed by atoms with Crippen LogP contribution in [0.25, 0.3) is 0 Å². The van der Waals surface area contributed by atoms with Crippen molar-refractivity contribution >= 4 is 11.7 Å². The highest BCUT2D eigenvalue weighted by atomic mass is 16.5. The van der Waals surface area contributed by atoms with E-state index >= 15 is 0 Å². The highest BCUT2D eigenvalue weighted by Crippen LogP contribution is 2.22. The van der Waals surface area contributed by atoms with Crippen molar-refractivity contribution in [3.63, 3.8) is 0 Å². The second-order valence-corrected chi connectivity index (χ2v) is 6.14. The maximum Gasteiger partial charge on any atom is 0.272 e. The van der Waals surface area contributed by atoms with E-state index in [0.717, 1.165) is 44.7 Å². The zero-order chi connectivity index (χ0) is 16.1. The number of pyridine rings is 1. The van der Waals surface area contributed by atoms with Gasteiger partial charge in [0.15, 0.2) is 0 Å². The number of aromatic nitrogens is 1. The van der Waals surface area contributed by atoms with Crippen molar-refractivity contribution in [2.24, 2.45) is 0 Å². The van der Waals surface area contributed by atoms with Gasteiger partial charge in [0, 0.05) is 32.3 Å². The van der Waals surface area contributed by atoms with Gasteiger partial charge in [0.1, 0.15) is 11.5 Å². The molecule has 1 amide bonds. The Hall–Kier alpha value is -1.66. The molecule has 3 rings (SSSR count). The van der Waals surface area contributed by atoms with Crippen molar-refractivity contribution in [1.29, 1.82) is 0 Å². The Balaban J connectivity index is 1.75. The van der Waals surface area contributed by atoms with Crippen LogP contribution in [0.1, 0.15) is 36.2 Å². The highest BCUT2D eigenvalue weighted by molar-refractivity contribution is 5.93. The Morgan fingerprint density at radius 1 is 1.26 bits per heavy atom. The zero-order valence-corrected chi connectivity index (χ0v) is 13.5. The Morgan fingerprint density at radius 2 is 2.09 bits per heavy atom. The fourth-order valence-corrected chi connectivity index (χ4v) is 3.38. The van der Waals surface area contributed by atoms with Crippen molar-refractivity contribution in [2.75, 3.05) is 44.4 Å². The Kier molecular flexibility index (Phi) is 5.46. The molecule has 1 unspecified atom stereocenters. The van der Waals surface area contributed by atoms with E-state index in [9.17, 15) is 9.90 Å². The number of likely N-dealkylation sites (tertiary alicyclic amines) is 1. The maximum atomic E-state index is 12.9. The largest absolute Gasteiger partial charge is 0.396 e. The van der Waals surface area contributed by atoms with E-state index < -0.39 is 0 Å². The first-order valence-corrected chi connectivity index (χ1v) is 8.51. The Morgan fingerprint density at radius 3 is 2.87 bits per heavy atom. The van der Waals surface area contributed by atoms with Crippen LogP contribution in [0.15, 0.2) is 18.2 Å². The first-order chi connectivity index (χ1) is 11.3. The second kappa shape index (κ2) is 7.75. The smallest absolute Gasteiger partial charge is 0.272 e. The van der Waals surface area contributed by atoms with E-state index in [2.05, 4.69) is 9.88 Å². The summed E-state index contributed by atoms with van der Waals surface area (Å²) >= 11 is 0. The van der Waals surface area contributed by atoms with Gasteiger partial charge in [-0.05, 0) is 37.8 Å². The molecule has 0 aromatic carbocycles. The van der Waals surface area contributed by atoms with E-state index in [4.69, 9.17) is 4.74 Å². The topological polar surface area (TPSA) is 65.9 Å². The molecule has 0 radical (unpaired) electrons. The molecular weight excluding hydrogens is 294 g/mol. The van der Waals surface area contributed by atoms with Gasteiger partial charge in [0.05, 0.1) is 13.2 Å². The molecule has 6 nitrogen and oxygen atoms in total. The fraction of sp³-hybridized carbons (Fsp3) is 0.647. The number of anilines is 1. The van der Waals surface area contributed by atoms with Crippen LogP contribution in [0.4, 0.5) is 5.82 Å². The average Bonchev–Trinajstić information content (AvgIpc) is 2.63. The fourth-order valence-electron chi connectivity index (χ4n) is 3.38. The summed E-state index contributed by atoms with van der Waals surface area (Å²) in [4.78, 5) is 21.5. The third-order valence-electron chi connectivity index (χ3n) is 4.64. The predicted molar refractivity (Wildman–Crippen MR) is 87.6 cm³/mol. The van der Waals surface area contributed by atoms with Gasteiger partial charge in [0.2, 0.25) is 0 Å². The lowest BCUT2D eigenvalue weighted by Crippen LogP contribution is -2.44. The van der Waals surface area contributed by atoms with Crippen molar-refractivity contribution in [3.8, 4) is 0 Å². The van der Waals surface area contributed by atoms with Crippen LogP contribution in [0.5, 0.6) is 0 Å². The molecule has 2 aliphatic heterocycles. The van der Waals surface area contributed by atoms with Gasteiger partial charge in [-0.15, -0.1) is 0 Å². The summed E-state index contributed by atoms with van der Waals surface area (Å²) in [6.07, 6.45) is 3.76. The minimum atomic E-state index is -0.0155. The molecule has 3 heterocycles. The maximum absolute atomic E-state index is 12.9. The highest BCUT2D eigenvalue weighted by Gasteiger charge is 2.28. The van der Waals surface area contributed by atoms with Crippen LogP contribution in [0.2, 0.25) is 0 Å². The van der Waals surface area contributed by atoms with Crippen molar-refractivity contribution in [2.45, 2.75) is 31.7 Å². The molecule has 1 atom stereocenters. The molecular formula is C17H25N3O3. The molecule has 0 saturated carbocycles. The summed E-state index contributed by atoms with van der Waals surface area (Å²) in [5.41, 5.74) is 0.499. The summed E-state index contributed by atoms with van der Waals surface area (Å²) in [5, 5.41) is 9.23. The molecule has 23 heavy (non-hydrogen) atoms. The molecule has 2 fully saturated rings. The van der Waals surface area contributed by atoms with Crippen molar-refractivity contribution < 1.29 is 14.6 Å². The van der Waals surface area contributed by atoms with E-state index in [1.165, 1.54) is 0 Å². The summed E-state index contributed by atoms with van der Waals surface area (Å²) in [5.74, 6) is 0.827. The molecule has 6 heteroatoms. The van der Waals surface area contributed by atoms with Crippen LogP contribution >= 0.6 is 0 Å². The number of ether oxygens (including phenoxy) is 1. The number of hydrogen-bond acceptors (Lipinski definition) is 5. The van der Waals surface area contributed by atoms with E-state index in [1.807, 2.05) is 17.0 Å². The van der Waals surface area contributed by atoms with Crippen molar-refractivity contribution in [3.05, 3.63) is 23.9 Å². The Bertz CT molecular complexity index is 530. The summed E-state index contributed by atoms with van der Waals surface area (Å²) in [7, 11) is 0. The number of rotatable bonds is 4. The molecule has 1 aromatic rings. The van der Waals surface area contributed by atoms with Gasteiger partial charge in [-0.25, -0.2) is 4.98 Å². The van der Waals surface area contributed by atoms with Crippen LogP contribution in [-0.2, 0) is 4.74 Å². The molecule has 126 valence electrons. The number of morpholine rings is 1. The number of aliphatic hydroxyl groups excluding tert-OH is 1. The average molecular weight is 319 g/mol. The monoisotopic (exact) mass is 319 g/mol. The lowest BCUT2D eigenvalue weighted by atomic mass is 9.99. The number of aliphatic hydroxyl groups is 1. The minimum Gasteiger partial charge on any atom is -0.396 e. The molecule has 2 aliphatic rings. The van der Waals surface area contributed by atoms with Crippen molar-refractivity contribution in [1.82, 2.24) is 9.88 Å². The second-order valence-electron chi connectivity index (χ2n) is 6.14. The third-order valence-corrected chi connectivity index (χ3v) is 4.64. The number of carbonyl (C=O) groups is 1. The molecule has 1 N–H and O–H groups in total. The lowest BCUT2D eigenvalue weighted by molar-refractivity contribution is 0.0568. The molecule has 1 aromatic heterocycles. The quantitative estimate of drug-likeness (QED) is 0.906. The van der Waals surface area contributed by atoms with Crippen LogP contribution in [0.3, 0.4) is 0 Å². The van der Waals surface area contributed by atoms with Gasteiger partial charge < -0.3 is 19.6 Å². The SMILES string of the molecule is O=C(c1cccc(N2CCOCC2)n1)N1CCCCC1CCO. The standard InChI is InChI=1S/C17H25N3O3/c21-11-7-14-4-1-2-8-20(14)17(22)15-5-3-6-16(18-15)19-9-12-23-13-10-19/h3,5-6,14,21H,1-2,4,7-13H2. The van der Waals surface area contributed by atoms with Gasteiger partial charge in [0.25, 0.3) is 5.91 Å². The number of carbonyl (C=O) groups excluding carboxylic acids is 1. The van der Waals surface area contributed by atoms with Gasteiger partial charge in [-0.1, -0.05) is 6.07 Å². The zero-order valence-electron chi connectivity index (χ0n) is 13.5. The minimum absolute atomic E-state index is 0.0155. The first-order valence-electron chi connectivity index (χ1n) is 8.51. The van der Waals surface area contributed by atoms with Crippen LogP contribution in [0, 0.1) is 0 Å².